The first-order chi connectivity index (χ1) is 14.7. The van der Waals surface area contributed by atoms with Gasteiger partial charge in [-0.15, -0.1) is 0 Å². The van der Waals surface area contributed by atoms with Crippen LogP contribution in [0.3, 0.4) is 0 Å². The van der Waals surface area contributed by atoms with Crippen LogP contribution in [0.4, 0.5) is 14.5 Å². The average molecular weight is 465 g/mol. The molecule has 31 heavy (non-hydrogen) atoms. The maximum Gasteiger partial charge on any atom is 0.243 e. The summed E-state index contributed by atoms with van der Waals surface area (Å²) in [6, 6.07) is 15.4. The summed E-state index contributed by atoms with van der Waals surface area (Å²) in [5, 5.41) is 2.30. The van der Waals surface area contributed by atoms with Crippen molar-refractivity contribution in [1.29, 1.82) is 0 Å². The smallest absolute Gasteiger partial charge is 0.243 e. The molecule has 0 unspecified atom stereocenters. The van der Waals surface area contributed by atoms with E-state index in [1.165, 1.54) is 42.5 Å². The molecule has 0 spiro atoms. The Hall–Kier alpha value is -2.81. The highest BCUT2D eigenvalue weighted by Crippen LogP contribution is 2.22. The summed E-state index contributed by atoms with van der Waals surface area (Å²) in [6.07, 6.45) is 0. The molecule has 3 rings (SSSR count). The van der Waals surface area contributed by atoms with Crippen molar-refractivity contribution in [2.24, 2.45) is 0 Å². The lowest BCUT2D eigenvalue weighted by Crippen LogP contribution is -2.37. The molecular weight excluding hydrogens is 446 g/mol. The summed E-state index contributed by atoms with van der Waals surface area (Å²) in [6.45, 7) is 0.884. The van der Waals surface area contributed by atoms with Crippen LogP contribution in [-0.4, -0.2) is 25.2 Å². The Morgan fingerprint density at radius 2 is 1.68 bits per heavy atom. The molecule has 3 aromatic carbocycles. The van der Waals surface area contributed by atoms with Crippen LogP contribution in [-0.2, 0) is 21.4 Å². The van der Waals surface area contributed by atoms with Crippen molar-refractivity contribution in [2.45, 2.75) is 18.4 Å². The topological polar surface area (TPSA) is 66.5 Å². The monoisotopic (exact) mass is 464 g/mol. The number of nitrogens with one attached hydrogen (secondary N) is 1. The van der Waals surface area contributed by atoms with E-state index < -0.39 is 34.1 Å². The molecule has 0 atom stereocenters. The van der Waals surface area contributed by atoms with Crippen LogP contribution >= 0.6 is 11.6 Å². The molecule has 9 heteroatoms. The number of hydrogen-bond donors (Lipinski definition) is 1. The fourth-order valence-electron chi connectivity index (χ4n) is 2.84. The average Bonchev–Trinajstić information content (AvgIpc) is 2.72. The largest absolute Gasteiger partial charge is 0.325 e. The van der Waals surface area contributed by atoms with Gasteiger partial charge in [-0.2, -0.15) is 4.31 Å². The summed E-state index contributed by atoms with van der Waals surface area (Å²) in [4.78, 5) is 12.6. The number of aryl methyl sites for hydroxylation is 1. The Kier molecular flexibility index (Phi) is 7.04. The van der Waals surface area contributed by atoms with Crippen molar-refractivity contribution in [3.8, 4) is 0 Å². The van der Waals surface area contributed by atoms with E-state index in [0.29, 0.717) is 0 Å². The first-order valence-electron chi connectivity index (χ1n) is 9.22. The highest BCUT2D eigenvalue weighted by Gasteiger charge is 2.27. The van der Waals surface area contributed by atoms with Gasteiger partial charge in [-0.3, -0.25) is 4.79 Å². The number of hydrogen-bond acceptors (Lipinski definition) is 3. The lowest BCUT2D eigenvalue weighted by Gasteiger charge is -2.22. The number of rotatable bonds is 7. The van der Waals surface area contributed by atoms with Crippen molar-refractivity contribution in [2.75, 3.05) is 11.9 Å². The molecule has 0 aliphatic rings. The summed E-state index contributed by atoms with van der Waals surface area (Å²) in [5.41, 5.74) is 1.19. The lowest BCUT2D eigenvalue weighted by molar-refractivity contribution is -0.116. The molecule has 0 aliphatic carbocycles. The third-order valence-electron chi connectivity index (χ3n) is 4.49. The zero-order valence-corrected chi connectivity index (χ0v) is 18.1. The summed E-state index contributed by atoms with van der Waals surface area (Å²) in [5.74, 6) is -1.92. The van der Waals surface area contributed by atoms with Gasteiger partial charge in [-0.25, -0.2) is 17.2 Å². The molecule has 0 saturated carbocycles. The fourth-order valence-corrected chi connectivity index (χ4v) is 4.39. The Bertz CT molecular complexity index is 1200. The van der Waals surface area contributed by atoms with Gasteiger partial charge < -0.3 is 5.32 Å². The lowest BCUT2D eigenvalue weighted by atomic mass is 10.2. The number of carbonyl (C=O) groups is 1. The molecule has 0 aromatic heterocycles. The van der Waals surface area contributed by atoms with E-state index in [0.717, 1.165) is 15.9 Å². The SMILES string of the molecule is Cc1ccc(S(=O)(=O)N(CC(=O)Nc2ccc(F)c(Cl)c2)Cc2ccccc2F)cc1. The Morgan fingerprint density at radius 3 is 2.32 bits per heavy atom. The molecule has 0 fully saturated rings. The van der Waals surface area contributed by atoms with E-state index in [9.17, 15) is 22.0 Å². The number of amides is 1. The molecule has 162 valence electrons. The molecule has 0 bridgehead atoms. The molecule has 0 aliphatic heterocycles. The minimum Gasteiger partial charge on any atom is -0.325 e. The second-order valence-corrected chi connectivity index (χ2v) is 9.20. The number of sulfonamides is 1. The number of benzene rings is 3. The first-order valence-corrected chi connectivity index (χ1v) is 11.0. The number of halogens is 3. The van der Waals surface area contributed by atoms with Crippen molar-refractivity contribution < 1.29 is 22.0 Å². The van der Waals surface area contributed by atoms with Gasteiger partial charge >= 0.3 is 0 Å². The quantitative estimate of drug-likeness (QED) is 0.548. The first kappa shape index (κ1) is 22.9. The van der Waals surface area contributed by atoms with E-state index in [2.05, 4.69) is 5.32 Å². The Morgan fingerprint density at radius 1 is 1.00 bits per heavy atom. The minimum absolute atomic E-state index is 0.0212. The number of anilines is 1. The fraction of sp³-hybridized carbons (Fsp3) is 0.136. The third kappa shape index (κ3) is 5.66. The Balaban J connectivity index is 1.89. The standard InChI is InChI=1S/C22H19ClF2N2O3S/c1-15-6-9-18(10-7-15)31(29,30)27(13-16-4-2-3-5-20(16)24)14-22(28)26-17-8-11-21(25)19(23)12-17/h2-12H,13-14H2,1H3,(H,26,28). The molecule has 1 amide bonds. The maximum atomic E-state index is 14.2. The molecule has 0 radical (unpaired) electrons. The van der Waals surface area contributed by atoms with Crippen LogP contribution in [0.1, 0.15) is 11.1 Å². The summed E-state index contributed by atoms with van der Waals surface area (Å²) >= 11 is 5.72. The molecule has 3 aromatic rings. The van der Waals surface area contributed by atoms with Crippen molar-refractivity contribution in [3.05, 3.63) is 94.5 Å². The van der Waals surface area contributed by atoms with E-state index in [1.54, 1.807) is 18.2 Å². The minimum atomic E-state index is -4.12. The van der Waals surface area contributed by atoms with Crippen molar-refractivity contribution >= 4 is 33.2 Å². The van der Waals surface area contributed by atoms with Crippen LogP contribution in [0.15, 0.2) is 71.6 Å². The van der Waals surface area contributed by atoms with E-state index in [4.69, 9.17) is 11.6 Å². The van der Waals surface area contributed by atoms with Crippen molar-refractivity contribution in [3.63, 3.8) is 0 Å². The van der Waals surface area contributed by atoms with E-state index in [-0.39, 0.29) is 27.7 Å². The van der Waals surface area contributed by atoms with Crippen LogP contribution in [0, 0.1) is 18.6 Å². The number of carbonyl (C=O) groups excluding carboxylic acids is 1. The second-order valence-electron chi connectivity index (χ2n) is 6.85. The van der Waals surface area contributed by atoms with E-state index >= 15 is 0 Å². The molecule has 0 saturated heterocycles. The zero-order valence-electron chi connectivity index (χ0n) is 16.5. The summed E-state index contributed by atoms with van der Waals surface area (Å²) < 4.78 is 54.8. The van der Waals surface area contributed by atoms with Crippen LogP contribution < -0.4 is 5.32 Å². The molecule has 0 heterocycles. The predicted molar refractivity (Wildman–Crippen MR) is 115 cm³/mol. The molecule has 1 N–H and O–H groups in total. The normalized spacial score (nSPS) is 11.5. The zero-order chi connectivity index (χ0) is 22.6. The number of nitrogens with zero attached hydrogens (tertiary/aromatic N) is 1. The van der Waals surface area contributed by atoms with Gasteiger partial charge in [-0.05, 0) is 43.3 Å². The van der Waals surface area contributed by atoms with Gasteiger partial charge in [0.1, 0.15) is 11.6 Å². The van der Waals surface area contributed by atoms with Gasteiger partial charge in [0, 0.05) is 17.8 Å². The summed E-state index contributed by atoms with van der Waals surface area (Å²) in [7, 11) is -4.12. The van der Waals surface area contributed by atoms with Crippen molar-refractivity contribution in [1.82, 2.24) is 4.31 Å². The van der Waals surface area contributed by atoms with Gasteiger partial charge in [0.05, 0.1) is 16.5 Å². The second kappa shape index (κ2) is 9.55. The van der Waals surface area contributed by atoms with Crippen LogP contribution in [0.5, 0.6) is 0 Å². The molecule has 5 nitrogen and oxygen atoms in total. The maximum absolute atomic E-state index is 14.2. The van der Waals surface area contributed by atoms with Gasteiger partial charge in [0.2, 0.25) is 15.9 Å². The highest BCUT2D eigenvalue weighted by molar-refractivity contribution is 7.89. The third-order valence-corrected chi connectivity index (χ3v) is 6.58. The van der Waals surface area contributed by atoms with Gasteiger partial charge in [0.15, 0.2) is 0 Å². The van der Waals surface area contributed by atoms with Crippen LogP contribution in [0.2, 0.25) is 5.02 Å². The Labute approximate surface area is 184 Å². The van der Waals surface area contributed by atoms with Gasteiger partial charge in [-0.1, -0.05) is 47.5 Å². The van der Waals surface area contributed by atoms with Gasteiger partial charge in [0.25, 0.3) is 0 Å². The predicted octanol–water partition coefficient (Wildman–Crippen LogP) is 4.76. The highest BCUT2D eigenvalue weighted by atomic mass is 35.5. The molecular formula is C22H19ClF2N2O3S. The van der Waals surface area contributed by atoms with Crippen LogP contribution in [0.25, 0.3) is 0 Å². The van der Waals surface area contributed by atoms with E-state index in [1.807, 2.05) is 6.92 Å².